The fourth-order valence-corrected chi connectivity index (χ4v) is 9.78. The maximum Gasteiger partial charge on any atom is 0.338 e. The van der Waals surface area contributed by atoms with Crippen LogP contribution in [0.2, 0.25) is 0 Å². The van der Waals surface area contributed by atoms with Gasteiger partial charge in [-0.1, -0.05) is 32.0 Å². The molecule has 4 aliphatic carbocycles. The van der Waals surface area contributed by atoms with Crippen LogP contribution in [0.25, 0.3) is 0 Å². The van der Waals surface area contributed by atoms with Gasteiger partial charge in [-0.05, 0) is 99.0 Å². The van der Waals surface area contributed by atoms with Crippen LogP contribution >= 0.6 is 0 Å². The molecule has 0 N–H and O–H groups in total. The van der Waals surface area contributed by atoms with Crippen LogP contribution in [0.5, 0.6) is 0 Å². The highest BCUT2D eigenvalue weighted by atomic mass is 16.7. The quantitative estimate of drug-likeness (QED) is 0.420. The molecule has 0 spiro atoms. The molecule has 0 aromatic heterocycles. The van der Waals surface area contributed by atoms with Crippen molar-refractivity contribution < 1.29 is 28.6 Å². The first-order chi connectivity index (χ1) is 18.7. The summed E-state index contributed by atoms with van der Waals surface area (Å²) < 4.78 is 19.5. The Kier molecular flexibility index (Phi) is 7.24. The predicted octanol–water partition coefficient (Wildman–Crippen LogP) is 6.16. The molecule has 6 heteroatoms. The normalized spacial score (nSPS) is 43.6. The Morgan fingerprint density at radius 2 is 1.79 bits per heavy atom. The molecular weight excluding hydrogens is 492 g/mol. The molecule has 1 heterocycles. The first kappa shape index (κ1) is 27.1. The van der Waals surface area contributed by atoms with E-state index in [0.29, 0.717) is 37.2 Å². The van der Waals surface area contributed by atoms with Crippen molar-refractivity contribution in [3.8, 4) is 0 Å². The van der Waals surface area contributed by atoms with Crippen molar-refractivity contribution in [1.29, 1.82) is 0 Å². The number of ketones is 2. The first-order valence-electron chi connectivity index (χ1n) is 15.3. The third-order valence-corrected chi connectivity index (χ3v) is 11.6. The summed E-state index contributed by atoms with van der Waals surface area (Å²) in [5.41, 5.74) is 0.262. The number of esters is 1. The van der Waals surface area contributed by atoms with Gasteiger partial charge < -0.3 is 14.2 Å². The Morgan fingerprint density at radius 1 is 1.00 bits per heavy atom. The molecule has 5 aliphatic rings. The van der Waals surface area contributed by atoms with Crippen molar-refractivity contribution in [3.05, 3.63) is 35.9 Å². The van der Waals surface area contributed by atoms with Crippen LogP contribution in [0.3, 0.4) is 0 Å². The van der Waals surface area contributed by atoms with Crippen molar-refractivity contribution >= 4 is 17.5 Å². The molecule has 1 saturated heterocycles. The predicted molar refractivity (Wildman–Crippen MR) is 146 cm³/mol. The summed E-state index contributed by atoms with van der Waals surface area (Å²) in [6.45, 7) is 7.12. The second-order valence-electron chi connectivity index (χ2n) is 13.6. The van der Waals surface area contributed by atoms with E-state index in [1.165, 1.54) is 0 Å². The Morgan fingerprint density at radius 3 is 2.51 bits per heavy atom. The number of rotatable bonds is 5. The maximum atomic E-state index is 13.4. The Hall–Kier alpha value is -2.05. The van der Waals surface area contributed by atoms with Crippen LogP contribution < -0.4 is 0 Å². The second-order valence-corrected chi connectivity index (χ2v) is 13.6. The molecule has 1 aromatic rings. The van der Waals surface area contributed by atoms with E-state index in [2.05, 4.69) is 13.8 Å². The lowest BCUT2D eigenvalue weighted by molar-refractivity contribution is -0.265. The SMILES string of the molecule is CC(=O)C1CCC2C3C([C@H](OC4CCCCO4)C[C@]12C)[C@@]1(C)CCC(=O)C[C@H]1C[C@H]3OC(=O)c1ccccc1. The fourth-order valence-electron chi connectivity index (χ4n) is 9.78. The van der Waals surface area contributed by atoms with Gasteiger partial charge in [0.2, 0.25) is 0 Å². The average Bonchev–Trinajstić information content (AvgIpc) is 3.27. The summed E-state index contributed by atoms with van der Waals surface area (Å²) in [6.07, 6.45) is 7.76. The van der Waals surface area contributed by atoms with E-state index < -0.39 is 0 Å². The van der Waals surface area contributed by atoms with Gasteiger partial charge in [-0.3, -0.25) is 9.59 Å². The van der Waals surface area contributed by atoms with Crippen molar-refractivity contribution in [2.75, 3.05) is 6.61 Å². The number of carbonyl (C=O) groups is 3. The Bertz CT molecular complexity index is 1090. The maximum absolute atomic E-state index is 13.4. The van der Waals surface area contributed by atoms with Gasteiger partial charge in [-0.2, -0.15) is 0 Å². The zero-order valence-electron chi connectivity index (χ0n) is 23.7. The zero-order valence-corrected chi connectivity index (χ0v) is 23.7. The molecule has 0 radical (unpaired) electrons. The van der Waals surface area contributed by atoms with Gasteiger partial charge in [-0.25, -0.2) is 4.79 Å². The number of hydrogen-bond acceptors (Lipinski definition) is 6. The van der Waals surface area contributed by atoms with Crippen LogP contribution in [0, 0.1) is 40.4 Å². The van der Waals surface area contributed by atoms with Gasteiger partial charge >= 0.3 is 5.97 Å². The van der Waals surface area contributed by atoms with E-state index in [-0.39, 0.29) is 70.7 Å². The van der Waals surface area contributed by atoms with Gasteiger partial charge in [0.05, 0.1) is 11.7 Å². The zero-order chi connectivity index (χ0) is 27.4. The van der Waals surface area contributed by atoms with E-state index in [9.17, 15) is 14.4 Å². The number of fused-ring (bicyclic) bond motifs is 5. The first-order valence-corrected chi connectivity index (χ1v) is 15.3. The van der Waals surface area contributed by atoms with Crippen LogP contribution in [0.4, 0.5) is 0 Å². The molecule has 0 bridgehead atoms. The fraction of sp³-hybridized carbons (Fsp3) is 0.727. The standard InChI is InChI=1S/C33H44O6/c1-20(34)24-12-13-25-29-26(39-31(36)21-9-5-4-6-10-21)18-22-17-23(35)14-15-32(22,2)30(29)27(19-33(24,25)3)38-28-11-7-8-16-37-28/h4-6,9-10,22,24-30H,7-8,11-19H2,1-3H3/t22-,24?,25?,26+,27+,28?,29?,30?,32-,33+/m0/s1. The van der Waals surface area contributed by atoms with Crippen LogP contribution in [-0.2, 0) is 23.8 Å². The van der Waals surface area contributed by atoms with Gasteiger partial charge in [0.1, 0.15) is 17.7 Å². The molecule has 1 aliphatic heterocycles. The van der Waals surface area contributed by atoms with E-state index >= 15 is 0 Å². The molecule has 6 rings (SSSR count). The third kappa shape index (κ3) is 4.69. The Balaban J connectivity index is 1.41. The summed E-state index contributed by atoms with van der Waals surface area (Å²) in [7, 11) is 0. The molecular formula is C33H44O6. The summed E-state index contributed by atoms with van der Waals surface area (Å²) in [6, 6.07) is 9.22. The van der Waals surface area contributed by atoms with Gasteiger partial charge in [0, 0.05) is 31.3 Å². The minimum absolute atomic E-state index is 0.00855. The number of ether oxygens (including phenoxy) is 3. The third-order valence-electron chi connectivity index (χ3n) is 11.6. The molecule has 212 valence electrons. The smallest absolute Gasteiger partial charge is 0.338 e. The number of benzene rings is 1. The second kappa shape index (κ2) is 10.4. The average molecular weight is 537 g/mol. The minimum atomic E-state index is -0.305. The van der Waals surface area contributed by atoms with Crippen molar-refractivity contribution in [2.45, 2.75) is 103 Å². The molecule has 6 nitrogen and oxygen atoms in total. The molecule has 5 unspecified atom stereocenters. The number of hydrogen-bond donors (Lipinski definition) is 0. The van der Waals surface area contributed by atoms with Gasteiger partial charge in [-0.15, -0.1) is 0 Å². The summed E-state index contributed by atoms with van der Waals surface area (Å²) in [5.74, 6) is 0.921. The lowest BCUT2D eigenvalue weighted by atomic mass is 9.43. The highest BCUT2D eigenvalue weighted by molar-refractivity contribution is 5.89. The highest BCUT2D eigenvalue weighted by Crippen LogP contribution is 2.68. The van der Waals surface area contributed by atoms with E-state index in [1.54, 1.807) is 19.1 Å². The molecule has 0 amide bonds. The van der Waals surface area contributed by atoms with Gasteiger partial charge in [0.25, 0.3) is 0 Å². The van der Waals surface area contributed by atoms with Crippen molar-refractivity contribution in [2.24, 2.45) is 40.4 Å². The largest absolute Gasteiger partial charge is 0.458 e. The van der Waals surface area contributed by atoms with Crippen molar-refractivity contribution in [1.82, 2.24) is 0 Å². The number of Topliss-reactive ketones (excluding diaryl/α,β-unsaturated/α-hetero) is 2. The topological polar surface area (TPSA) is 78.9 Å². The summed E-state index contributed by atoms with van der Waals surface area (Å²) in [5, 5.41) is 0. The molecule has 1 aromatic carbocycles. The lowest BCUT2D eigenvalue weighted by Gasteiger charge is -2.64. The number of carbonyl (C=O) groups excluding carboxylic acids is 3. The van der Waals surface area contributed by atoms with Crippen LogP contribution in [-0.4, -0.2) is 42.6 Å². The lowest BCUT2D eigenvalue weighted by Crippen LogP contribution is -2.64. The monoisotopic (exact) mass is 536 g/mol. The molecule has 10 atom stereocenters. The Labute approximate surface area is 232 Å². The van der Waals surface area contributed by atoms with E-state index in [0.717, 1.165) is 44.9 Å². The van der Waals surface area contributed by atoms with E-state index in [4.69, 9.17) is 14.2 Å². The molecule has 4 saturated carbocycles. The molecule has 39 heavy (non-hydrogen) atoms. The summed E-state index contributed by atoms with van der Waals surface area (Å²) in [4.78, 5) is 39.1. The summed E-state index contributed by atoms with van der Waals surface area (Å²) >= 11 is 0. The minimum Gasteiger partial charge on any atom is -0.458 e. The van der Waals surface area contributed by atoms with E-state index in [1.807, 2.05) is 18.2 Å². The van der Waals surface area contributed by atoms with Gasteiger partial charge in [0.15, 0.2) is 6.29 Å². The van der Waals surface area contributed by atoms with Crippen LogP contribution in [0.1, 0.15) is 95.3 Å². The van der Waals surface area contributed by atoms with Crippen LogP contribution in [0.15, 0.2) is 30.3 Å². The molecule has 5 fully saturated rings. The highest BCUT2D eigenvalue weighted by Gasteiger charge is 2.67. The van der Waals surface area contributed by atoms with Crippen molar-refractivity contribution in [3.63, 3.8) is 0 Å².